The van der Waals surface area contributed by atoms with Crippen LogP contribution in [0, 0.1) is 5.92 Å². The van der Waals surface area contributed by atoms with Gasteiger partial charge in [-0.15, -0.1) is 0 Å². The van der Waals surface area contributed by atoms with Gasteiger partial charge >= 0.3 is 0 Å². The molecule has 156 valence electrons. The molecule has 0 spiro atoms. The highest BCUT2D eigenvalue weighted by atomic mass is 32.2. The fourth-order valence-corrected chi connectivity index (χ4v) is 5.23. The van der Waals surface area contributed by atoms with E-state index in [1.54, 1.807) is 0 Å². The molecule has 4 rings (SSSR count). The van der Waals surface area contributed by atoms with Gasteiger partial charge in [0, 0.05) is 16.4 Å². The van der Waals surface area contributed by atoms with Crippen LogP contribution in [0.1, 0.15) is 30.8 Å². The molecule has 3 nitrogen and oxygen atoms in total. The minimum absolute atomic E-state index is 0.0435. The molecule has 4 heteroatoms. The highest BCUT2D eigenvalue weighted by Crippen LogP contribution is 2.36. The van der Waals surface area contributed by atoms with E-state index in [0.717, 1.165) is 23.3 Å². The van der Waals surface area contributed by atoms with E-state index in [4.69, 9.17) is 9.47 Å². The fourth-order valence-electron chi connectivity index (χ4n) is 3.90. The second kappa shape index (κ2) is 10.2. The summed E-state index contributed by atoms with van der Waals surface area (Å²) in [6.45, 7) is 2.16. The lowest BCUT2D eigenvalue weighted by atomic mass is 9.92. The fraction of sp³-hybridized carbons (Fsp3) is 0.308. The Bertz CT molecular complexity index is 930. The predicted molar refractivity (Wildman–Crippen MR) is 121 cm³/mol. The Hall–Kier alpha value is -2.27. The lowest BCUT2D eigenvalue weighted by Gasteiger charge is -2.41. The molecule has 1 saturated heterocycles. The predicted octanol–water partition coefficient (Wildman–Crippen LogP) is 5.55. The number of aryl methyl sites for hydroxylation is 1. The van der Waals surface area contributed by atoms with Gasteiger partial charge in [-0.3, -0.25) is 4.21 Å². The van der Waals surface area contributed by atoms with Crippen molar-refractivity contribution >= 4 is 10.8 Å². The molecule has 0 saturated carbocycles. The van der Waals surface area contributed by atoms with Crippen LogP contribution in [0.5, 0.6) is 0 Å². The summed E-state index contributed by atoms with van der Waals surface area (Å²) in [5, 5.41) is 0. The summed E-state index contributed by atoms with van der Waals surface area (Å²) in [5.74, 6) is 0.626. The topological polar surface area (TPSA) is 35.5 Å². The Morgan fingerprint density at radius 2 is 1.33 bits per heavy atom. The molecule has 1 heterocycles. The molecule has 0 aromatic heterocycles. The molecule has 5 atom stereocenters. The monoisotopic (exact) mass is 420 g/mol. The molecule has 1 fully saturated rings. The summed E-state index contributed by atoms with van der Waals surface area (Å²) >= 11 is 0. The summed E-state index contributed by atoms with van der Waals surface area (Å²) in [6, 6.07) is 30.2. The summed E-state index contributed by atoms with van der Waals surface area (Å²) in [5.41, 5.74) is 2.31. The van der Waals surface area contributed by atoms with Crippen LogP contribution in [-0.2, 0) is 26.7 Å². The maximum Gasteiger partial charge on any atom is 0.184 e. The van der Waals surface area contributed by atoms with Crippen molar-refractivity contribution in [2.75, 3.05) is 5.75 Å². The number of rotatable bonds is 7. The second-order valence-corrected chi connectivity index (χ2v) is 9.30. The number of hydrogen-bond donors (Lipinski definition) is 0. The standard InChI is InChI=1S/C26H28O3S/c1-20-24(18-17-21-11-5-2-6-12-21)28-26(22-13-7-3-8-14-22)29-25(20)19-30(27)23-15-9-4-10-16-23/h2-16,20,24-26H,17-19H2,1H3/t20-,24+,25-,26+,30?/m0/s1. The van der Waals surface area contributed by atoms with Gasteiger partial charge in [-0.2, -0.15) is 0 Å². The summed E-state index contributed by atoms with van der Waals surface area (Å²) in [7, 11) is -1.11. The lowest BCUT2D eigenvalue weighted by molar-refractivity contribution is -0.266. The smallest absolute Gasteiger partial charge is 0.184 e. The molecule has 1 unspecified atom stereocenters. The van der Waals surface area contributed by atoms with Crippen LogP contribution >= 0.6 is 0 Å². The van der Waals surface area contributed by atoms with Gasteiger partial charge < -0.3 is 9.47 Å². The molecular formula is C26H28O3S. The maximum absolute atomic E-state index is 13.0. The molecule has 30 heavy (non-hydrogen) atoms. The zero-order valence-corrected chi connectivity index (χ0v) is 18.0. The van der Waals surface area contributed by atoms with Gasteiger partial charge in [-0.1, -0.05) is 85.8 Å². The Kier molecular flexibility index (Phi) is 7.11. The first-order chi connectivity index (χ1) is 14.7. The normalized spacial score (nSPS) is 25.0. The summed E-state index contributed by atoms with van der Waals surface area (Å²) in [4.78, 5) is 0.844. The Balaban J connectivity index is 1.51. The molecule has 3 aromatic carbocycles. The molecule has 3 aromatic rings. The third-order valence-electron chi connectivity index (χ3n) is 5.72. The van der Waals surface area contributed by atoms with Crippen molar-refractivity contribution in [3.05, 3.63) is 102 Å². The largest absolute Gasteiger partial charge is 0.345 e. The summed E-state index contributed by atoms with van der Waals surface area (Å²) in [6.07, 6.45) is 1.34. The van der Waals surface area contributed by atoms with E-state index in [0.29, 0.717) is 5.75 Å². The van der Waals surface area contributed by atoms with Crippen molar-refractivity contribution in [3.8, 4) is 0 Å². The van der Waals surface area contributed by atoms with Crippen molar-refractivity contribution in [2.24, 2.45) is 5.92 Å². The molecule has 0 bridgehead atoms. The minimum atomic E-state index is -1.11. The molecule has 0 N–H and O–H groups in total. The van der Waals surface area contributed by atoms with Crippen molar-refractivity contribution in [1.82, 2.24) is 0 Å². The van der Waals surface area contributed by atoms with E-state index in [2.05, 4.69) is 31.2 Å². The highest BCUT2D eigenvalue weighted by Gasteiger charge is 2.38. The lowest BCUT2D eigenvalue weighted by Crippen LogP contribution is -2.44. The van der Waals surface area contributed by atoms with Crippen LogP contribution in [-0.4, -0.2) is 22.2 Å². The van der Waals surface area contributed by atoms with Gasteiger partial charge in [-0.25, -0.2) is 0 Å². The quantitative estimate of drug-likeness (QED) is 0.503. The van der Waals surface area contributed by atoms with Crippen LogP contribution < -0.4 is 0 Å². The van der Waals surface area contributed by atoms with Gasteiger partial charge in [0.05, 0.1) is 28.8 Å². The minimum Gasteiger partial charge on any atom is -0.345 e. The number of ether oxygens (including phenoxy) is 2. The molecule has 1 aliphatic heterocycles. The zero-order valence-electron chi connectivity index (χ0n) is 17.2. The van der Waals surface area contributed by atoms with Crippen LogP contribution in [0.3, 0.4) is 0 Å². The van der Waals surface area contributed by atoms with Gasteiger partial charge in [0.1, 0.15) is 0 Å². The Morgan fingerprint density at radius 3 is 2.00 bits per heavy atom. The van der Waals surface area contributed by atoms with Crippen LogP contribution in [0.4, 0.5) is 0 Å². The van der Waals surface area contributed by atoms with Gasteiger partial charge in [0.25, 0.3) is 0 Å². The van der Waals surface area contributed by atoms with Gasteiger partial charge in [0.2, 0.25) is 0 Å². The van der Waals surface area contributed by atoms with Crippen molar-refractivity contribution in [2.45, 2.75) is 43.2 Å². The molecule has 0 aliphatic carbocycles. The third kappa shape index (κ3) is 5.25. The van der Waals surface area contributed by atoms with Gasteiger partial charge in [-0.05, 0) is 30.5 Å². The first-order valence-electron chi connectivity index (χ1n) is 10.5. The second-order valence-electron chi connectivity index (χ2n) is 7.80. The molecular weight excluding hydrogens is 392 g/mol. The van der Waals surface area contributed by atoms with Gasteiger partial charge in [0.15, 0.2) is 6.29 Å². The number of benzene rings is 3. The molecule has 1 aliphatic rings. The van der Waals surface area contributed by atoms with Crippen LogP contribution in [0.25, 0.3) is 0 Å². The Labute approximate surface area is 181 Å². The van der Waals surface area contributed by atoms with Crippen molar-refractivity contribution < 1.29 is 13.7 Å². The van der Waals surface area contributed by atoms with Crippen LogP contribution in [0.2, 0.25) is 0 Å². The van der Waals surface area contributed by atoms with E-state index in [1.807, 2.05) is 66.7 Å². The Morgan fingerprint density at radius 1 is 0.767 bits per heavy atom. The first-order valence-corrected chi connectivity index (χ1v) is 11.9. The highest BCUT2D eigenvalue weighted by molar-refractivity contribution is 7.85. The maximum atomic E-state index is 13.0. The van der Waals surface area contributed by atoms with E-state index >= 15 is 0 Å². The van der Waals surface area contributed by atoms with E-state index < -0.39 is 17.1 Å². The molecule has 0 radical (unpaired) electrons. The average Bonchev–Trinajstić information content (AvgIpc) is 2.81. The van der Waals surface area contributed by atoms with Crippen LogP contribution in [0.15, 0.2) is 95.9 Å². The third-order valence-corrected chi connectivity index (χ3v) is 7.15. The average molecular weight is 421 g/mol. The SMILES string of the molecule is C[C@@H]1[C@H](CS(=O)c2ccccc2)O[C@H](c2ccccc2)O[C@@H]1CCc1ccccc1. The first kappa shape index (κ1) is 21.0. The summed E-state index contributed by atoms with van der Waals surface area (Å²) < 4.78 is 25.7. The van der Waals surface area contributed by atoms with E-state index in [9.17, 15) is 4.21 Å². The van der Waals surface area contributed by atoms with Crippen molar-refractivity contribution in [3.63, 3.8) is 0 Å². The zero-order chi connectivity index (χ0) is 20.8. The van der Waals surface area contributed by atoms with Crippen molar-refractivity contribution in [1.29, 1.82) is 0 Å². The molecule has 0 amide bonds. The number of hydrogen-bond acceptors (Lipinski definition) is 3. The van der Waals surface area contributed by atoms with E-state index in [-0.39, 0.29) is 18.1 Å². The van der Waals surface area contributed by atoms with E-state index in [1.165, 1.54) is 5.56 Å².